The molecule has 0 saturated carbocycles. The van der Waals surface area contributed by atoms with Crippen molar-refractivity contribution >= 4 is 50.2 Å². The van der Waals surface area contributed by atoms with Crippen LogP contribution in [0.15, 0.2) is 71.8 Å². The van der Waals surface area contributed by atoms with E-state index in [1.807, 2.05) is 42.5 Å². The van der Waals surface area contributed by atoms with Crippen molar-refractivity contribution in [3.63, 3.8) is 0 Å². The van der Waals surface area contributed by atoms with Crippen molar-refractivity contribution in [2.45, 2.75) is 0 Å². The Labute approximate surface area is 168 Å². The molecule has 0 fully saturated rings. The van der Waals surface area contributed by atoms with Crippen LogP contribution >= 0.6 is 11.6 Å². The number of anilines is 1. The monoisotopic (exact) mass is 415 g/mol. The lowest BCUT2D eigenvalue weighted by molar-refractivity contribution is -0.119. The first-order chi connectivity index (χ1) is 13.3. The Bertz CT molecular complexity index is 1140. The van der Waals surface area contributed by atoms with Crippen LogP contribution in [-0.4, -0.2) is 33.3 Å². The zero-order valence-electron chi connectivity index (χ0n) is 15.0. The number of benzene rings is 3. The summed E-state index contributed by atoms with van der Waals surface area (Å²) in [5.41, 5.74) is 3.52. The summed E-state index contributed by atoms with van der Waals surface area (Å²) in [6.07, 6.45) is 2.56. The third-order valence-electron chi connectivity index (χ3n) is 4.00. The lowest BCUT2D eigenvalue weighted by Crippen LogP contribution is -2.39. The lowest BCUT2D eigenvalue weighted by atomic mass is 10.1. The Morgan fingerprint density at radius 2 is 1.82 bits per heavy atom. The molecular weight excluding hydrogens is 398 g/mol. The topological polar surface area (TPSA) is 78.8 Å². The van der Waals surface area contributed by atoms with Crippen molar-refractivity contribution in [2.24, 2.45) is 5.10 Å². The summed E-state index contributed by atoms with van der Waals surface area (Å²) in [5, 5.41) is 6.40. The highest BCUT2D eigenvalue weighted by Crippen LogP contribution is 2.21. The van der Waals surface area contributed by atoms with Gasteiger partial charge in [-0.25, -0.2) is 13.8 Å². The number of nitrogens with one attached hydrogen (secondary N) is 1. The molecule has 6 nitrogen and oxygen atoms in total. The molecule has 0 aliphatic rings. The molecule has 0 unspecified atom stereocenters. The minimum atomic E-state index is -3.67. The lowest BCUT2D eigenvalue weighted by Gasteiger charge is -2.21. The van der Waals surface area contributed by atoms with Crippen molar-refractivity contribution in [1.82, 2.24) is 5.43 Å². The number of carbonyl (C=O) groups excluding carboxylic acids is 1. The van der Waals surface area contributed by atoms with Crippen LogP contribution in [0.2, 0.25) is 5.02 Å². The molecule has 0 bridgehead atoms. The zero-order chi connectivity index (χ0) is 20.1. The summed E-state index contributed by atoms with van der Waals surface area (Å²) in [4.78, 5) is 12.2. The van der Waals surface area contributed by atoms with Gasteiger partial charge in [-0.05, 0) is 29.0 Å². The molecule has 0 radical (unpaired) electrons. The second-order valence-electron chi connectivity index (χ2n) is 6.11. The third-order valence-corrected chi connectivity index (χ3v) is 5.38. The number of nitrogens with zero attached hydrogens (tertiary/aromatic N) is 2. The standard InChI is InChI=1S/C20H18ClN3O3S/c1-28(26,27)24(18-10-5-9-17(21)12-18)14-20(25)23-22-13-16-8-4-7-15-6-2-3-11-19(15)16/h2-13H,14H2,1H3,(H,23,25)/b22-13-. The van der Waals surface area contributed by atoms with Gasteiger partial charge in [0.25, 0.3) is 5.91 Å². The maximum absolute atomic E-state index is 12.2. The van der Waals surface area contributed by atoms with Crippen molar-refractivity contribution in [2.75, 3.05) is 17.1 Å². The quantitative estimate of drug-likeness (QED) is 0.495. The summed E-state index contributed by atoms with van der Waals surface area (Å²) in [6.45, 7) is -0.411. The van der Waals surface area contributed by atoms with Gasteiger partial charge in [-0.1, -0.05) is 60.1 Å². The number of carbonyl (C=O) groups is 1. The number of rotatable bonds is 6. The Morgan fingerprint density at radius 3 is 2.57 bits per heavy atom. The number of halogens is 1. The van der Waals surface area contributed by atoms with Crippen molar-refractivity contribution in [3.8, 4) is 0 Å². The predicted molar refractivity (Wildman–Crippen MR) is 113 cm³/mol. The van der Waals surface area contributed by atoms with Gasteiger partial charge in [0.05, 0.1) is 18.2 Å². The molecule has 28 heavy (non-hydrogen) atoms. The second-order valence-corrected chi connectivity index (χ2v) is 8.45. The fraction of sp³-hybridized carbons (Fsp3) is 0.100. The number of amides is 1. The van der Waals surface area contributed by atoms with Gasteiger partial charge in [-0.2, -0.15) is 5.10 Å². The Hall–Kier alpha value is -2.90. The molecule has 3 rings (SSSR count). The smallest absolute Gasteiger partial charge is 0.260 e. The van der Waals surface area contributed by atoms with E-state index < -0.39 is 22.5 Å². The second kappa shape index (κ2) is 8.41. The molecule has 1 N–H and O–H groups in total. The van der Waals surface area contributed by atoms with Gasteiger partial charge in [0, 0.05) is 10.6 Å². The zero-order valence-corrected chi connectivity index (χ0v) is 16.6. The van der Waals surface area contributed by atoms with Crippen molar-refractivity contribution in [3.05, 3.63) is 77.3 Å². The molecule has 0 aromatic heterocycles. The van der Waals surface area contributed by atoms with Crippen LogP contribution in [0.1, 0.15) is 5.56 Å². The fourth-order valence-electron chi connectivity index (χ4n) is 2.73. The highest BCUT2D eigenvalue weighted by Gasteiger charge is 2.20. The minimum absolute atomic E-state index is 0.309. The first kappa shape index (κ1) is 19.9. The normalized spacial score (nSPS) is 11.6. The van der Waals surface area contributed by atoms with Gasteiger partial charge in [-0.3, -0.25) is 9.10 Å². The highest BCUT2D eigenvalue weighted by molar-refractivity contribution is 7.92. The number of sulfonamides is 1. The summed E-state index contributed by atoms with van der Waals surface area (Å²) >= 11 is 5.93. The van der Waals surface area contributed by atoms with E-state index in [1.54, 1.807) is 18.2 Å². The summed E-state index contributed by atoms with van der Waals surface area (Å²) in [6, 6.07) is 19.9. The number of hydrazone groups is 1. The van der Waals surface area contributed by atoms with Gasteiger partial charge >= 0.3 is 0 Å². The van der Waals surface area contributed by atoms with E-state index in [-0.39, 0.29) is 0 Å². The molecule has 144 valence electrons. The number of hydrogen-bond acceptors (Lipinski definition) is 4. The number of fused-ring (bicyclic) bond motifs is 1. The van der Waals surface area contributed by atoms with E-state index in [1.165, 1.54) is 12.3 Å². The van der Waals surface area contributed by atoms with Crippen molar-refractivity contribution < 1.29 is 13.2 Å². The summed E-state index contributed by atoms with van der Waals surface area (Å²) < 4.78 is 25.1. The van der Waals surface area contributed by atoms with Crippen LogP contribution in [-0.2, 0) is 14.8 Å². The molecule has 0 aliphatic heterocycles. The van der Waals surface area contributed by atoms with E-state index in [0.29, 0.717) is 10.7 Å². The maximum atomic E-state index is 12.2. The van der Waals surface area contributed by atoms with Gasteiger partial charge < -0.3 is 0 Å². The van der Waals surface area contributed by atoms with Crippen LogP contribution < -0.4 is 9.73 Å². The number of hydrogen-bond donors (Lipinski definition) is 1. The van der Waals surface area contributed by atoms with Crippen LogP contribution in [0.5, 0.6) is 0 Å². The van der Waals surface area contributed by atoms with Crippen LogP contribution in [0.3, 0.4) is 0 Å². The predicted octanol–water partition coefficient (Wildman–Crippen LogP) is 3.41. The van der Waals surface area contributed by atoms with Crippen LogP contribution in [0.25, 0.3) is 10.8 Å². The van der Waals surface area contributed by atoms with Gasteiger partial charge in [0.2, 0.25) is 10.0 Å². The average Bonchev–Trinajstić information content (AvgIpc) is 2.65. The van der Waals surface area contributed by atoms with E-state index in [2.05, 4.69) is 10.5 Å². The van der Waals surface area contributed by atoms with E-state index in [0.717, 1.165) is 26.9 Å². The van der Waals surface area contributed by atoms with E-state index in [9.17, 15) is 13.2 Å². The van der Waals surface area contributed by atoms with Gasteiger partial charge in [0.15, 0.2) is 0 Å². The third kappa shape index (κ3) is 4.88. The molecular formula is C20H18ClN3O3S. The summed E-state index contributed by atoms with van der Waals surface area (Å²) in [5.74, 6) is -0.568. The molecule has 0 spiro atoms. The van der Waals surface area contributed by atoms with Gasteiger partial charge in [0.1, 0.15) is 6.54 Å². The Kier molecular flexibility index (Phi) is 5.96. The van der Waals surface area contributed by atoms with Gasteiger partial charge in [-0.15, -0.1) is 0 Å². The Balaban J connectivity index is 1.74. The summed E-state index contributed by atoms with van der Waals surface area (Å²) in [7, 11) is -3.67. The van der Waals surface area contributed by atoms with Crippen LogP contribution in [0, 0.1) is 0 Å². The minimum Gasteiger partial charge on any atom is -0.271 e. The SMILES string of the molecule is CS(=O)(=O)N(CC(=O)N/N=C\c1cccc2ccccc12)c1cccc(Cl)c1. The molecule has 0 heterocycles. The molecule has 1 amide bonds. The van der Waals surface area contributed by atoms with E-state index >= 15 is 0 Å². The Morgan fingerprint density at radius 1 is 1.11 bits per heavy atom. The first-order valence-electron chi connectivity index (χ1n) is 8.37. The average molecular weight is 416 g/mol. The van der Waals surface area contributed by atoms with Crippen LogP contribution in [0.4, 0.5) is 5.69 Å². The van der Waals surface area contributed by atoms with E-state index in [4.69, 9.17) is 11.6 Å². The first-order valence-corrected chi connectivity index (χ1v) is 10.6. The molecule has 3 aromatic rings. The largest absolute Gasteiger partial charge is 0.271 e. The molecule has 0 atom stereocenters. The molecule has 3 aromatic carbocycles. The van der Waals surface area contributed by atoms with Crippen molar-refractivity contribution in [1.29, 1.82) is 0 Å². The molecule has 8 heteroatoms. The molecule has 0 saturated heterocycles. The molecule has 0 aliphatic carbocycles. The highest BCUT2D eigenvalue weighted by atomic mass is 35.5. The maximum Gasteiger partial charge on any atom is 0.260 e. The fourth-order valence-corrected chi connectivity index (χ4v) is 3.77.